The Balaban J connectivity index is 1.90. The molecule has 2 aliphatic carbocycles. The molecular formula is C14H22N2S. The van der Waals surface area contributed by atoms with Crippen molar-refractivity contribution in [2.45, 2.75) is 64.5 Å². The Kier molecular flexibility index (Phi) is 2.79. The molecule has 1 unspecified atom stereocenters. The molecule has 3 heteroatoms. The van der Waals surface area contributed by atoms with Crippen molar-refractivity contribution in [1.82, 2.24) is 10.3 Å². The fourth-order valence-corrected chi connectivity index (χ4v) is 3.84. The Morgan fingerprint density at radius 2 is 2.06 bits per heavy atom. The van der Waals surface area contributed by atoms with Crippen LogP contribution in [0.5, 0.6) is 0 Å². The van der Waals surface area contributed by atoms with E-state index in [4.69, 9.17) is 4.98 Å². The number of thiazole rings is 1. The lowest BCUT2D eigenvalue weighted by Crippen LogP contribution is -2.43. The fraction of sp³-hybridized carbons (Fsp3) is 0.786. The van der Waals surface area contributed by atoms with E-state index in [9.17, 15) is 0 Å². The molecule has 0 amide bonds. The number of nitrogens with zero attached hydrogens (tertiary/aromatic N) is 1. The van der Waals surface area contributed by atoms with Crippen molar-refractivity contribution >= 4 is 11.3 Å². The first-order valence-electron chi connectivity index (χ1n) is 6.88. The van der Waals surface area contributed by atoms with Crippen LogP contribution >= 0.6 is 11.3 Å². The van der Waals surface area contributed by atoms with E-state index in [1.807, 2.05) is 11.3 Å². The van der Waals surface area contributed by atoms with Crippen molar-refractivity contribution in [3.05, 3.63) is 15.6 Å². The van der Waals surface area contributed by atoms with E-state index in [1.54, 1.807) is 0 Å². The largest absolute Gasteiger partial charge is 0.303 e. The first kappa shape index (κ1) is 11.7. The van der Waals surface area contributed by atoms with E-state index in [-0.39, 0.29) is 5.54 Å². The van der Waals surface area contributed by atoms with Crippen LogP contribution in [0.4, 0.5) is 0 Å². The molecule has 1 atom stereocenters. The molecule has 2 saturated carbocycles. The van der Waals surface area contributed by atoms with Crippen molar-refractivity contribution in [3.8, 4) is 0 Å². The van der Waals surface area contributed by atoms with Gasteiger partial charge in [-0.15, -0.1) is 11.3 Å². The molecule has 1 heterocycles. The molecule has 1 aromatic rings. The van der Waals surface area contributed by atoms with E-state index in [0.29, 0.717) is 0 Å². The van der Waals surface area contributed by atoms with Gasteiger partial charge in [-0.3, -0.25) is 0 Å². The first-order valence-corrected chi connectivity index (χ1v) is 7.69. The van der Waals surface area contributed by atoms with Crippen molar-refractivity contribution in [2.75, 3.05) is 0 Å². The third-order valence-electron chi connectivity index (χ3n) is 4.15. The normalized spacial score (nSPS) is 23.7. The topological polar surface area (TPSA) is 24.9 Å². The first-order chi connectivity index (χ1) is 8.13. The highest BCUT2D eigenvalue weighted by Gasteiger charge is 2.47. The number of aryl methyl sites for hydroxylation is 2. The zero-order valence-electron chi connectivity index (χ0n) is 11.0. The summed E-state index contributed by atoms with van der Waals surface area (Å²) >= 11 is 1.91. The molecule has 0 aliphatic heterocycles. The van der Waals surface area contributed by atoms with E-state index in [2.05, 4.69) is 26.1 Å². The lowest BCUT2D eigenvalue weighted by atomic mass is 9.96. The van der Waals surface area contributed by atoms with Crippen molar-refractivity contribution in [1.29, 1.82) is 0 Å². The second-order valence-corrected chi connectivity index (χ2v) is 6.97. The average molecular weight is 250 g/mol. The molecule has 0 radical (unpaired) electrons. The molecule has 0 spiro atoms. The van der Waals surface area contributed by atoms with Gasteiger partial charge in [-0.05, 0) is 51.9 Å². The van der Waals surface area contributed by atoms with E-state index < -0.39 is 0 Å². The second-order valence-electron chi connectivity index (χ2n) is 5.77. The molecule has 3 rings (SSSR count). The van der Waals surface area contributed by atoms with Gasteiger partial charge in [0.1, 0.15) is 5.01 Å². The Labute approximate surface area is 108 Å². The van der Waals surface area contributed by atoms with Gasteiger partial charge in [-0.1, -0.05) is 6.92 Å². The van der Waals surface area contributed by atoms with Gasteiger partial charge in [0.15, 0.2) is 0 Å². The summed E-state index contributed by atoms with van der Waals surface area (Å²) in [5, 5.41) is 5.19. The van der Waals surface area contributed by atoms with Crippen molar-refractivity contribution in [3.63, 3.8) is 0 Å². The molecule has 0 saturated heterocycles. The van der Waals surface area contributed by atoms with Crippen molar-refractivity contribution < 1.29 is 0 Å². The minimum absolute atomic E-state index is 0.157. The number of hydrogen-bond acceptors (Lipinski definition) is 3. The molecular weight excluding hydrogens is 228 g/mol. The van der Waals surface area contributed by atoms with Crippen LogP contribution < -0.4 is 5.32 Å². The van der Waals surface area contributed by atoms with Crippen LogP contribution in [0.15, 0.2) is 0 Å². The maximum absolute atomic E-state index is 4.90. The Hall–Kier alpha value is -0.410. The summed E-state index contributed by atoms with van der Waals surface area (Å²) < 4.78 is 0. The summed E-state index contributed by atoms with van der Waals surface area (Å²) in [5.74, 6) is 0.818. The van der Waals surface area contributed by atoms with E-state index in [0.717, 1.165) is 18.4 Å². The third-order valence-corrected chi connectivity index (χ3v) is 5.40. The highest BCUT2D eigenvalue weighted by Crippen LogP contribution is 2.48. The van der Waals surface area contributed by atoms with Crippen LogP contribution in [-0.4, -0.2) is 11.0 Å². The van der Waals surface area contributed by atoms with Gasteiger partial charge in [0.25, 0.3) is 0 Å². The smallest absolute Gasteiger partial charge is 0.113 e. The molecule has 1 aromatic heterocycles. The molecule has 0 aromatic carbocycles. The predicted octanol–water partition coefficient (Wildman–Crippen LogP) is 3.39. The lowest BCUT2D eigenvalue weighted by Gasteiger charge is -2.29. The zero-order valence-corrected chi connectivity index (χ0v) is 11.9. The van der Waals surface area contributed by atoms with Crippen LogP contribution in [0.1, 0.15) is 55.1 Å². The Bertz CT molecular complexity index is 418. The predicted molar refractivity (Wildman–Crippen MR) is 72.5 cm³/mol. The summed E-state index contributed by atoms with van der Waals surface area (Å²) in [6, 6.07) is 0.759. The lowest BCUT2D eigenvalue weighted by molar-refractivity contribution is 0.313. The van der Waals surface area contributed by atoms with Gasteiger partial charge >= 0.3 is 0 Å². The number of aromatic nitrogens is 1. The van der Waals surface area contributed by atoms with Gasteiger partial charge < -0.3 is 5.32 Å². The van der Waals surface area contributed by atoms with Gasteiger partial charge in [-0.25, -0.2) is 4.98 Å². The highest BCUT2D eigenvalue weighted by atomic mass is 32.1. The van der Waals surface area contributed by atoms with Crippen LogP contribution in [0.25, 0.3) is 0 Å². The molecule has 94 valence electrons. The number of rotatable bonds is 5. The monoisotopic (exact) mass is 250 g/mol. The minimum Gasteiger partial charge on any atom is -0.303 e. The zero-order chi connectivity index (χ0) is 12.0. The second kappa shape index (κ2) is 4.06. The van der Waals surface area contributed by atoms with E-state index in [1.165, 1.54) is 41.3 Å². The standard InChI is InChI=1S/C14H22N2S/c1-4-12-9(2)17-13(15-12)14(3,10-5-6-10)16-11-7-8-11/h10-11,16H,4-8H2,1-3H3. The van der Waals surface area contributed by atoms with Crippen LogP contribution in [0.2, 0.25) is 0 Å². The summed E-state index contributed by atoms with van der Waals surface area (Å²) in [6.45, 7) is 6.79. The van der Waals surface area contributed by atoms with Crippen molar-refractivity contribution in [2.24, 2.45) is 5.92 Å². The average Bonchev–Trinajstić information content (AvgIpc) is 3.16. The van der Waals surface area contributed by atoms with Crippen LogP contribution in [-0.2, 0) is 12.0 Å². The van der Waals surface area contributed by atoms with Crippen LogP contribution in [0, 0.1) is 12.8 Å². The summed E-state index contributed by atoms with van der Waals surface area (Å²) in [7, 11) is 0. The fourth-order valence-electron chi connectivity index (χ4n) is 2.64. The molecule has 2 nitrogen and oxygen atoms in total. The highest BCUT2D eigenvalue weighted by molar-refractivity contribution is 7.11. The Morgan fingerprint density at radius 3 is 2.53 bits per heavy atom. The van der Waals surface area contributed by atoms with E-state index >= 15 is 0 Å². The molecule has 1 N–H and O–H groups in total. The minimum atomic E-state index is 0.157. The molecule has 2 aliphatic rings. The van der Waals surface area contributed by atoms with Gasteiger partial charge in [-0.2, -0.15) is 0 Å². The van der Waals surface area contributed by atoms with Gasteiger partial charge in [0.2, 0.25) is 0 Å². The maximum Gasteiger partial charge on any atom is 0.113 e. The quantitative estimate of drug-likeness (QED) is 0.866. The summed E-state index contributed by atoms with van der Waals surface area (Å²) in [5.41, 5.74) is 1.46. The third kappa shape index (κ3) is 2.15. The summed E-state index contributed by atoms with van der Waals surface area (Å²) in [6.07, 6.45) is 6.51. The number of hydrogen-bond donors (Lipinski definition) is 1. The number of nitrogens with one attached hydrogen (secondary N) is 1. The summed E-state index contributed by atoms with van der Waals surface area (Å²) in [4.78, 5) is 6.31. The molecule has 17 heavy (non-hydrogen) atoms. The Morgan fingerprint density at radius 1 is 1.35 bits per heavy atom. The van der Waals surface area contributed by atoms with Gasteiger partial charge in [0, 0.05) is 10.9 Å². The van der Waals surface area contributed by atoms with Crippen LogP contribution in [0.3, 0.4) is 0 Å². The molecule has 2 fully saturated rings. The SMILES string of the molecule is CCc1nc(C(C)(NC2CC2)C2CC2)sc1C. The molecule has 0 bridgehead atoms. The van der Waals surface area contributed by atoms with Gasteiger partial charge in [0.05, 0.1) is 11.2 Å². The maximum atomic E-state index is 4.90.